The van der Waals surface area contributed by atoms with Gasteiger partial charge in [-0.3, -0.25) is 9.78 Å². The normalized spacial score (nSPS) is 16.0. The average molecular weight is 448 g/mol. The second-order valence-corrected chi connectivity index (χ2v) is 8.26. The van der Waals surface area contributed by atoms with Crippen LogP contribution in [-0.4, -0.2) is 52.6 Å². The van der Waals surface area contributed by atoms with Crippen LogP contribution in [0.1, 0.15) is 44.8 Å². The number of rotatable bonds is 6. The second kappa shape index (κ2) is 10.1. The number of carbonyl (C=O) groups excluding carboxylic acids is 1. The van der Waals surface area contributed by atoms with Crippen molar-refractivity contribution >= 4 is 17.5 Å². The summed E-state index contributed by atoms with van der Waals surface area (Å²) >= 11 is 0. The molecule has 1 unspecified atom stereocenters. The molecule has 1 aliphatic rings. The Hall–Kier alpha value is -3.36. The first-order valence-corrected chi connectivity index (χ1v) is 11.0. The molecule has 0 radical (unpaired) electrons. The fourth-order valence-electron chi connectivity index (χ4n) is 3.95. The smallest absolute Gasteiger partial charge is 0.254 e. The van der Waals surface area contributed by atoms with Crippen molar-refractivity contribution in [2.45, 2.75) is 33.5 Å². The zero-order valence-corrected chi connectivity index (χ0v) is 19.5. The maximum atomic E-state index is 13.1. The van der Waals surface area contributed by atoms with Crippen LogP contribution in [-0.2, 0) is 16.1 Å². The van der Waals surface area contributed by atoms with Gasteiger partial charge >= 0.3 is 0 Å². The van der Waals surface area contributed by atoms with E-state index in [0.29, 0.717) is 37.8 Å². The highest BCUT2D eigenvalue weighted by atomic mass is 16.5. The van der Waals surface area contributed by atoms with Gasteiger partial charge in [0.15, 0.2) is 0 Å². The number of methoxy groups -OCH3 is 1. The molecule has 1 amide bonds. The molecule has 33 heavy (non-hydrogen) atoms. The Labute approximate surface area is 194 Å². The molecule has 172 valence electrons. The molecule has 1 saturated heterocycles. The third kappa shape index (κ3) is 5.71. The van der Waals surface area contributed by atoms with Crippen molar-refractivity contribution in [1.29, 1.82) is 0 Å². The number of morpholine rings is 1. The number of hydrogen-bond acceptors (Lipinski definition) is 7. The highest BCUT2D eigenvalue weighted by Crippen LogP contribution is 2.26. The third-order valence-electron chi connectivity index (χ3n) is 5.41. The van der Waals surface area contributed by atoms with Crippen molar-refractivity contribution < 1.29 is 14.3 Å². The largest absolute Gasteiger partial charge is 0.380 e. The highest BCUT2D eigenvalue weighted by molar-refractivity contribution is 5.94. The summed E-state index contributed by atoms with van der Waals surface area (Å²) in [5.74, 6) is 0.532. The summed E-state index contributed by atoms with van der Waals surface area (Å²) in [6.45, 7) is 7.78. The lowest BCUT2D eigenvalue weighted by molar-refractivity contribution is -0.0247. The molecule has 0 saturated carbocycles. The number of aryl methyl sites for hydroxylation is 3. The summed E-state index contributed by atoms with van der Waals surface area (Å²) in [5.41, 5.74) is 5.94. The van der Waals surface area contributed by atoms with Crippen LogP contribution in [0, 0.1) is 20.8 Å². The standard InChI is InChI=1S/C25H29N5O3/c1-16-11-17(2)28-25(27-16)29-21-12-18(3)26-22(13-21)23-14-30(9-10-33-23)24(31)20-7-5-19(6-8-20)15-32-4/h5-8,11-13,23H,9-10,14-15H2,1-4H3,(H,26,27,28,29). The van der Waals surface area contributed by atoms with E-state index in [4.69, 9.17) is 9.47 Å². The fraction of sp³-hybridized carbons (Fsp3) is 0.360. The topological polar surface area (TPSA) is 89.5 Å². The van der Waals surface area contributed by atoms with Crippen LogP contribution in [0.4, 0.5) is 11.6 Å². The van der Waals surface area contributed by atoms with E-state index in [1.54, 1.807) is 7.11 Å². The molecule has 4 rings (SSSR count). The van der Waals surface area contributed by atoms with E-state index in [2.05, 4.69) is 20.3 Å². The molecule has 0 bridgehead atoms. The Morgan fingerprint density at radius 1 is 1.06 bits per heavy atom. The van der Waals surface area contributed by atoms with Gasteiger partial charge in [-0.15, -0.1) is 0 Å². The molecule has 0 spiro atoms. The average Bonchev–Trinajstić information content (AvgIpc) is 2.78. The number of hydrogen-bond donors (Lipinski definition) is 1. The number of anilines is 2. The van der Waals surface area contributed by atoms with Gasteiger partial charge in [0.2, 0.25) is 5.95 Å². The van der Waals surface area contributed by atoms with Gasteiger partial charge < -0.3 is 19.7 Å². The van der Waals surface area contributed by atoms with Crippen LogP contribution >= 0.6 is 0 Å². The van der Waals surface area contributed by atoms with Crippen LogP contribution in [0.3, 0.4) is 0 Å². The molecule has 3 heterocycles. The number of nitrogens with zero attached hydrogens (tertiary/aromatic N) is 4. The monoisotopic (exact) mass is 447 g/mol. The van der Waals surface area contributed by atoms with Crippen LogP contribution < -0.4 is 5.32 Å². The van der Waals surface area contributed by atoms with Gasteiger partial charge in [-0.25, -0.2) is 9.97 Å². The third-order valence-corrected chi connectivity index (χ3v) is 5.41. The van der Waals surface area contributed by atoms with Crippen molar-refractivity contribution in [3.05, 3.63) is 76.4 Å². The molecule has 1 fully saturated rings. The first kappa shape index (κ1) is 22.8. The summed E-state index contributed by atoms with van der Waals surface area (Å²) in [4.78, 5) is 28.5. The number of pyridine rings is 1. The highest BCUT2D eigenvalue weighted by Gasteiger charge is 2.27. The molecule has 2 aromatic heterocycles. The Kier molecular flexibility index (Phi) is 6.96. The van der Waals surface area contributed by atoms with Crippen molar-refractivity contribution in [2.75, 3.05) is 32.1 Å². The van der Waals surface area contributed by atoms with E-state index in [1.165, 1.54) is 0 Å². The van der Waals surface area contributed by atoms with Crippen molar-refractivity contribution in [1.82, 2.24) is 19.9 Å². The van der Waals surface area contributed by atoms with Gasteiger partial charge in [0.25, 0.3) is 5.91 Å². The number of amides is 1. The first-order chi connectivity index (χ1) is 15.9. The lowest BCUT2D eigenvalue weighted by Gasteiger charge is -2.33. The molecule has 1 atom stereocenters. The van der Waals surface area contributed by atoms with E-state index < -0.39 is 0 Å². The Morgan fingerprint density at radius 2 is 1.76 bits per heavy atom. The van der Waals surface area contributed by atoms with Crippen molar-refractivity contribution in [3.63, 3.8) is 0 Å². The lowest BCUT2D eigenvalue weighted by atomic mass is 10.1. The second-order valence-electron chi connectivity index (χ2n) is 8.26. The molecule has 0 aliphatic carbocycles. The Bertz CT molecular complexity index is 1110. The van der Waals surface area contributed by atoms with Gasteiger partial charge in [0.1, 0.15) is 6.10 Å². The minimum absolute atomic E-state index is 0.0121. The zero-order chi connectivity index (χ0) is 23.4. The SMILES string of the molecule is COCc1ccc(C(=O)N2CCOC(c3cc(Nc4nc(C)cc(C)n4)cc(C)n3)C2)cc1. The van der Waals surface area contributed by atoms with E-state index in [1.807, 2.05) is 68.1 Å². The van der Waals surface area contributed by atoms with E-state index >= 15 is 0 Å². The fourth-order valence-corrected chi connectivity index (χ4v) is 3.95. The van der Waals surface area contributed by atoms with Crippen LogP contribution in [0.15, 0.2) is 42.5 Å². The van der Waals surface area contributed by atoms with Crippen LogP contribution in [0.2, 0.25) is 0 Å². The molecule has 1 aliphatic heterocycles. The van der Waals surface area contributed by atoms with E-state index in [9.17, 15) is 4.79 Å². The van der Waals surface area contributed by atoms with Crippen LogP contribution in [0.5, 0.6) is 0 Å². The van der Waals surface area contributed by atoms with Crippen molar-refractivity contribution in [3.8, 4) is 0 Å². The van der Waals surface area contributed by atoms with Gasteiger partial charge in [-0.2, -0.15) is 0 Å². The Morgan fingerprint density at radius 3 is 2.45 bits per heavy atom. The molecule has 8 nitrogen and oxygen atoms in total. The molecular formula is C25H29N5O3. The zero-order valence-electron chi connectivity index (χ0n) is 19.5. The van der Waals surface area contributed by atoms with Gasteiger partial charge in [-0.1, -0.05) is 12.1 Å². The number of nitrogens with one attached hydrogen (secondary N) is 1. The van der Waals surface area contributed by atoms with E-state index in [0.717, 1.165) is 34.0 Å². The maximum absolute atomic E-state index is 13.1. The minimum atomic E-state index is -0.309. The van der Waals surface area contributed by atoms with Gasteiger partial charge in [-0.05, 0) is 56.7 Å². The van der Waals surface area contributed by atoms with Gasteiger partial charge in [0, 0.05) is 42.0 Å². The first-order valence-electron chi connectivity index (χ1n) is 11.0. The molecule has 8 heteroatoms. The number of benzene rings is 1. The summed E-state index contributed by atoms with van der Waals surface area (Å²) in [6.07, 6.45) is -0.309. The summed E-state index contributed by atoms with van der Waals surface area (Å²) in [7, 11) is 1.65. The summed E-state index contributed by atoms with van der Waals surface area (Å²) < 4.78 is 11.1. The molecule has 3 aromatic rings. The molecule has 1 aromatic carbocycles. The molecule has 1 N–H and O–H groups in total. The quantitative estimate of drug-likeness (QED) is 0.613. The maximum Gasteiger partial charge on any atom is 0.254 e. The van der Waals surface area contributed by atoms with Crippen molar-refractivity contribution in [2.24, 2.45) is 0 Å². The predicted molar refractivity (Wildman–Crippen MR) is 126 cm³/mol. The molecular weight excluding hydrogens is 418 g/mol. The van der Waals surface area contributed by atoms with E-state index in [-0.39, 0.29) is 12.0 Å². The number of aromatic nitrogens is 3. The Balaban J connectivity index is 1.50. The van der Waals surface area contributed by atoms with Gasteiger partial charge in [0.05, 0.1) is 25.5 Å². The predicted octanol–water partition coefficient (Wildman–Crippen LogP) is 3.90. The minimum Gasteiger partial charge on any atom is -0.380 e. The lowest BCUT2D eigenvalue weighted by Crippen LogP contribution is -2.42. The van der Waals surface area contributed by atoms with Crippen LogP contribution in [0.25, 0.3) is 0 Å². The summed E-state index contributed by atoms with van der Waals surface area (Å²) in [6, 6.07) is 13.3. The number of ether oxygens (including phenoxy) is 2. The summed E-state index contributed by atoms with van der Waals surface area (Å²) in [5, 5.41) is 3.27. The number of carbonyl (C=O) groups is 1.